The summed E-state index contributed by atoms with van der Waals surface area (Å²) in [4.78, 5) is 12.1. The Morgan fingerprint density at radius 2 is 1.70 bits per heavy atom. The molecule has 0 saturated heterocycles. The van der Waals surface area contributed by atoms with Gasteiger partial charge in [0.25, 0.3) is 0 Å². The van der Waals surface area contributed by atoms with E-state index in [1.54, 1.807) is 0 Å². The maximum Gasteiger partial charge on any atom is 0.313 e. The van der Waals surface area contributed by atoms with E-state index in [4.69, 9.17) is 9.47 Å². The zero-order chi connectivity index (χ0) is 16.5. The van der Waals surface area contributed by atoms with Gasteiger partial charge in [-0.1, -0.05) is 55.8 Å². The first-order valence-electron chi connectivity index (χ1n) is 8.18. The fraction of sp³-hybridized carbons (Fsp3) is 0.350. The van der Waals surface area contributed by atoms with Crippen molar-refractivity contribution in [3.8, 4) is 5.75 Å². The SMILES string of the molecule is CCCC(C(=O)OCC)c1ccc(OCc2ccccc2)cc1. The molecule has 122 valence electrons. The highest BCUT2D eigenvalue weighted by atomic mass is 16.5. The van der Waals surface area contributed by atoms with E-state index in [1.165, 1.54) is 0 Å². The van der Waals surface area contributed by atoms with Crippen molar-refractivity contribution in [3.63, 3.8) is 0 Å². The van der Waals surface area contributed by atoms with Crippen LogP contribution in [0.15, 0.2) is 54.6 Å². The van der Waals surface area contributed by atoms with Crippen LogP contribution in [-0.2, 0) is 16.1 Å². The molecule has 2 rings (SSSR count). The molecular weight excluding hydrogens is 288 g/mol. The Labute approximate surface area is 138 Å². The highest BCUT2D eigenvalue weighted by molar-refractivity contribution is 5.78. The number of carbonyl (C=O) groups is 1. The summed E-state index contributed by atoms with van der Waals surface area (Å²) in [6.07, 6.45) is 1.73. The molecule has 0 radical (unpaired) electrons. The molecule has 2 aromatic rings. The van der Waals surface area contributed by atoms with E-state index in [0.717, 1.165) is 29.7 Å². The summed E-state index contributed by atoms with van der Waals surface area (Å²) in [5.41, 5.74) is 2.12. The van der Waals surface area contributed by atoms with Gasteiger partial charge in [0.1, 0.15) is 12.4 Å². The Balaban J connectivity index is 2.00. The van der Waals surface area contributed by atoms with Crippen LogP contribution in [0.4, 0.5) is 0 Å². The van der Waals surface area contributed by atoms with Gasteiger partial charge in [0.05, 0.1) is 12.5 Å². The third-order valence-corrected chi connectivity index (χ3v) is 3.68. The van der Waals surface area contributed by atoms with Gasteiger partial charge in [-0.3, -0.25) is 4.79 Å². The first-order chi connectivity index (χ1) is 11.2. The van der Waals surface area contributed by atoms with Crippen LogP contribution in [0.5, 0.6) is 5.75 Å². The van der Waals surface area contributed by atoms with Gasteiger partial charge in [-0.05, 0) is 36.6 Å². The lowest BCUT2D eigenvalue weighted by Crippen LogP contribution is -2.15. The van der Waals surface area contributed by atoms with E-state index in [1.807, 2.05) is 61.5 Å². The van der Waals surface area contributed by atoms with E-state index in [0.29, 0.717) is 13.2 Å². The summed E-state index contributed by atoms with van der Waals surface area (Å²) >= 11 is 0. The maximum absolute atomic E-state index is 12.1. The summed E-state index contributed by atoms with van der Waals surface area (Å²) in [7, 11) is 0. The maximum atomic E-state index is 12.1. The molecule has 1 atom stereocenters. The van der Waals surface area contributed by atoms with Gasteiger partial charge in [-0.2, -0.15) is 0 Å². The first kappa shape index (κ1) is 17.1. The van der Waals surface area contributed by atoms with Crippen molar-refractivity contribution in [1.82, 2.24) is 0 Å². The topological polar surface area (TPSA) is 35.5 Å². The molecule has 1 unspecified atom stereocenters. The second-order valence-electron chi connectivity index (χ2n) is 5.44. The second-order valence-corrected chi connectivity index (χ2v) is 5.44. The standard InChI is InChI=1S/C20H24O3/c1-3-8-19(20(21)22-4-2)17-11-13-18(14-12-17)23-15-16-9-6-5-7-10-16/h5-7,9-14,19H,3-4,8,15H2,1-2H3. The molecule has 2 aromatic carbocycles. The monoisotopic (exact) mass is 312 g/mol. The summed E-state index contributed by atoms with van der Waals surface area (Å²) in [5.74, 6) is 0.465. The van der Waals surface area contributed by atoms with E-state index < -0.39 is 0 Å². The van der Waals surface area contributed by atoms with Crippen molar-refractivity contribution < 1.29 is 14.3 Å². The molecule has 0 bridgehead atoms. The van der Waals surface area contributed by atoms with Crippen LogP contribution in [0.2, 0.25) is 0 Å². The van der Waals surface area contributed by atoms with E-state index in [2.05, 4.69) is 6.92 Å². The number of ether oxygens (including phenoxy) is 2. The first-order valence-corrected chi connectivity index (χ1v) is 8.18. The highest BCUT2D eigenvalue weighted by Crippen LogP contribution is 2.25. The van der Waals surface area contributed by atoms with Crippen molar-refractivity contribution in [2.24, 2.45) is 0 Å². The zero-order valence-electron chi connectivity index (χ0n) is 13.8. The third-order valence-electron chi connectivity index (χ3n) is 3.68. The van der Waals surface area contributed by atoms with Crippen molar-refractivity contribution >= 4 is 5.97 Å². The van der Waals surface area contributed by atoms with Crippen molar-refractivity contribution in [2.45, 2.75) is 39.2 Å². The number of esters is 1. The fourth-order valence-electron chi connectivity index (χ4n) is 2.49. The normalized spacial score (nSPS) is 11.7. The average molecular weight is 312 g/mol. The third kappa shape index (κ3) is 5.13. The van der Waals surface area contributed by atoms with Crippen LogP contribution in [0.1, 0.15) is 43.7 Å². The number of carbonyl (C=O) groups excluding carboxylic acids is 1. The fourth-order valence-corrected chi connectivity index (χ4v) is 2.49. The van der Waals surface area contributed by atoms with Crippen molar-refractivity contribution in [3.05, 3.63) is 65.7 Å². The molecule has 0 aliphatic heterocycles. The number of rotatable bonds is 8. The van der Waals surface area contributed by atoms with Gasteiger partial charge in [0, 0.05) is 0 Å². The van der Waals surface area contributed by atoms with Gasteiger partial charge >= 0.3 is 5.97 Å². The van der Waals surface area contributed by atoms with Gasteiger partial charge in [-0.15, -0.1) is 0 Å². The number of hydrogen-bond donors (Lipinski definition) is 0. The van der Waals surface area contributed by atoms with Crippen LogP contribution < -0.4 is 4.74 Å². The molecule has 0 amide bonds. The summed E-state index contributed by atoms with van der Waals surface area (Å²) < 4.78 is 11.0. The molecule has 0 fully saturated rings. The predicted molar refractivity (Wildman–Crippen MR) is 91.5 cm³/mol. The Morgan fingerprint density at radius 1 is 1.00 bits per heavy atom. The largest absolute Gasteiger partial charge is 0.489 e. The minimum atomic E-state index is -0.192. The molecule has 0 heterocycles. The Hall–Kier alpha value is -2.29. The lowest BCUT2D eigenvalue weighted by atomic mass is 9.94. The van der Waals surface area contributed by atoms with Gasteiger partial charge < -0.3 is 9.47 Å². The lowest BCUT2D eigenvalue weighted by Gasteiger charge is -2.15. The Kier molecular flexibility index (Phi) is 6.67. The van der Waals surface area contributed by atoms with Crippen LogP contribution in [-0.4, -0.2) is 12.6 Å². The van der Waals surface area contributed by atoms with E-state index in [9.17, 15) is 4.79 Å². The van der Waals surface area contributed by atoms with E-state index >= 15 is 0 Å². The van der Waals surface area contributed by atoms with Crippen LogP contribution >= 0.6 is 0 Å². The molecular formula is C20H24O3. The predicted octanol–water partition coefficient (Wildman–Crippen LogP) is 4.71. The van der Waals surface area contributed by atoms with Crippen molar-refractivity contribution in [2.75, 3.05) is 6.61 Å². The molecule has 0 aliphatic carbocycles. The minimum absolute atomic E-state index is 0.146. The summed E-state index contributed by atoms with van der Waals surface area (Å²) in [5, 5.41) is 0. The number of hydrogen-bond acceptors (Lipinski definition) is 3. The van der Waals surface area contributed by atoms with Crippen LogP contribution in [0.25, 0.3) is 0 Å². The molecule has 3 nitrogen and oxygen atoms in total. The van der Waals surface area contributed by atoms with Crippen LogP contribution in [0, 0.1) is 0 Å². The molecule has 23 heavy (non-hydrogen) atoms. The smallest absolute Gasteiger partial charge is 0.313 e. The second kappa shape index (κ2) is 8.99. The van der Waals surface area contributed by atoms with E-state index in [-0.39, 0.29) is 11.9 Å². The van der Waals surface area contributed by atoms with Gasteiger partial charge in [0.15, 0.2) is 0 Å². The zero-order valence-corrected chi connectivity index (χ0v) is 13.8. The lowest BCUT2D eigenvalue weighted by molar-refractivity contribution is -0.145. The summed E-state index contributed by atoms with van der Waals surface area (Å²) in [6, 6.07) is 17.8. The number of benzene rings is 2. The highest BCUT2D eigenvalue weighted by Gasteiger charge is 2.20. The van der Waals surface area contributed by atoms with Gasteiger partial charge in [0.2, 0.25) is 0 Å². The quantitative estimate of drug-likeness (QED) is 0.662. The molecule has 0 aliphatic rings. The van der Waals surface area contributed by atoms with Crippen molar-refractivity contribution in [1.29, 1.82) is 0 Å². The molecule has 0 spiro atoms. The average Bonchev–Trinajstić information content (AvgIpc) is 2.59. The molecule has 0 N–H and O–H groups in total. The molecule has 3 heteroatoms. The minimum Gasteiger partial charge on any atom is -0.489 e. The molecule has 0 saturated carbocycles. The molecule has 0 aromatic heterocycles. The Bertz CT molecular complexity index is 590. The Morgan fingerprint density at radius 3 is 2.30 bits per heavy atom. The van der Waals surface area contributed by atoms with Crippen LogP contribution in [0.3, 0.4) is 0 Å². The van der Waals surface area contributed by atoms with Gasteiger partial charge in [-0.25, -0.2) is 0 Å². The summed E-state index contributed by atoms with van der Waals surface area (Å²) in [6.45, 7) is 4.86.